The van der Waals surface area contributed by atoms with Crippen molar-refractivity contribution < 1.29 is 23.4 Å². The van der Waals surface area contributed by atoms with E-state index in [0.29, 0.717) is 37.8 Å². The quantitative estimate of drug-likeness (QED) is 0.404. The van der Waals surface area contributed by atoms with E-state index >= 15 is 8.78 Å². The Morgan fingerprint density at radius 1 is 1.26 bits per heavy atom. The molecule has 2 unspecified atom stereocenters. The summed E-state index contributed by atoms with van der Waals surface area (Å²) in [5.74, 6) is -1.77. The van der Waals surface area contributed by atoms with Crippen LogP contribution in [-0.2, 0) is 16.8 Å². The highest BCUT2D eigenvalue weighted by atomic mass is 35.5. The van der Waals surface area contributed by atoms with Crippen LogP contribution in [-0.4, -0.2) is 35.4 Å². The number of carbonyl (C=O) groups excluding carboxylic acids is 1. The van der Waals surface area contributed by atoms with E-state index < -0.39 is 35.0 Å². The summed E-state index contributed by atoms with van der Waals surface area (Å²) in [7, 11) is 0. The van der Waals surface area contributed by atoms with Crippen LogP contribution in [0.4, 0.5) is 8.78 Å². The third-order valence-electron chi connectivity index (χ3n) is 8.55. The monoisotopic (exact) mass is 556 g/mol. The highest BCUT2D eigenvalue weighted by Gasteiger charge is 2.45. The number of benzene rings is 2. The van der Waals surface area contributed by atoms with E-state index in [4.69, 9.17) is 22.1 Å². The van der Waals surface area contributed by atoms with Gasteiger partial charge in [0.25, 0.3) is 0 Å². The van der Waals surface area contributed by atoms with Crippen LogP contribution in [0.2, 0.25) is 5.02 Å². The van der Waals surface area contributed by atoms with Gasteiger partial charge in [0.2, 0.25) is 5.91 Å². The van der Waals surface area contributed by atoms with Gasteiger partial charge in [0.05, 0.1) is 10.6 Å². The van der Waals surface area contributed by atoms with Crippen molar-refractivity contribution in [1.29, 1.82) is 0 Å². The van der Waals surface area contributed by atoms with Gasteiger partial charge in [0, 0.05) is 53.3 Å². The molecule has 8 heteroatoms. The molecule has 1 fully saturated rings. The Morgan fingerprint density at radius 2 is 1.95 bits per heavy atom. The molecule has 1 aliphatic heterocycles. The average Bonchev–Trinajstić information content (AvgIpc) is 3.28. The van der Waals surface area contributed by atoms with Crippen molar-refractivity contribution in [2.24, 2.45) is 11.7 Å². The van der Waals surface area contributed by atoms with Crippen molar-refractivity contribution in [3.05, 3.63) is 81.7 Å². The van der Waals surface area contributed by atoms with Crippen LogP contribution in [0.15, 0.2) is 54.1 Å². The van der Waals surface area contributed by atoms with E-state index in [2.05, 4.69) is 5.32 Å². The van der Waals surface area contributed by atoms with Crippen molar-refractivity contribution in [2.75, 3.05) is 6.54 Å². The van der Waals surface area contributed by atoms with E-state index in [-0.39, 0.29) is 33.5 Å². The minimum absolute atomic E-state index is 0.00788. The predicted octanol–water partition coefficient (Wildman–Crippen LogP) is 5.77. The van der Waals surface area contributed by atoms with Crippen molar-refractivity contribution >= 4 is 23.1 Å². The summed E-state index contributed by atoms with van der Waals surface area (Å²) in [6.45, 7) is 4.13. The molecule has 5 rings (SSSR count). The molecular formula is C31H35ClF2N2O3. The molecule has 208 valence electrons. The topological polar surface area (TPSA) is 84.6 Å². The lowest BCUT2D eigenvalue weighted by molar-refractivity contribution is -0.114. The fraction of sp³-hybridized carbons (Fsp3) is 0.452. The lowest BCUT2D eigenvalue weighted by atomic mass is 9.79. The first-order chi connectivity index (χ1) is 18.5. The molecule has 1 saturated carbocycles. The molecular weight excluding hydrogens is 522 g/mol. The first-order valence-electron chi connectivity index (χ1n) is 13.6. The fourth-order valence-corrected chi connectivity index (χ4v) is 6.45. The number of carbonyl (C=O) groups is 1. The number of alkyl halides is 1. The van der Waals surface area contributed by atoms with Crippen LogP contribution >= 0.6 is 11.6 Å². The average molecular weight is 557 g/mol. The maximum absolute atomic E-state index is 16.0. The Bertz CT molecular complexity index is 1320. The van der Waals surface area contributed by atoms with Crippen molar-refractivity contribution in [3.8, 4) is 5.75 Å². The normalized spacial score (nSPS) is 30.3. The van der Waals surface area contributed by atoms with Gasteiger partial charge in [-0.2, -0.15) is 0 Å². The Hall–Kier alpha value is -2.74. The second kappa shape index (κ2) is 10.7. The Labute approximate surface area is 233 Å². The SMILES string of the molecule is CCC1C=CC(C(N)=O)=C(c2c(Cl)c(F)cc3c2C[C@@](CN[C@H]2CC[C@@](C)(O)CC2)(c2ccccc2)O3)C1F. The minimum atomic E-state index is -1.58. The lowest BCUT2D eigenvalue weighted by Crippen LogP contribution is -2.48. The van der Waals surface area contributed by atoms with Crippen LogP contribution in [0.3, 0.4) is 0 Å². The number of ether oxygens (including phenoxy) is 1. The van der Waals surface area contributed by atoms with Gasteiger partial charge >= 0.3 is 0 Å². The van der Waals surface area contributed by atoms with Crippen LogP contribution in [0.5, 0.6) is 5.75 Å². The molecule has 2 aliphatic carbocycles. The first-order valence-corrected chi connectivity index (χ1v) is 14.0. The molecule has 4 N–H and O–H groups in total. The summed E-state index contributed by atoms with van der Waals surface area (Å²) in [5, 5.41) is 13.7. The van der Waals surface area contributed by atoms with Gasteiger partial charge < -0.3 is 20.9 Å². The molecule has 0 saturated heterocycles. The molecule has 2 aromatic carbocycles. The Kier molecular flexibility index (Phi) is 7.61. The zero-order valence-electron chi connectivity index (χ0n) is 22.3. The minimum Gasteiger partial charge on any atom is -0.480 e. The van der Waals surface area contributed by atoms with Crippen LogP contribution in [0.25, 0.3) is 5.57 Å². The Morgan fingerprint density at radius 3 is 2.59 bits per heavy atom. The number of fused-ring (bicyclic) bond motifs is 1. The number of aliphatic hydroxyl groups is 1. The van der Waals surface area contributed by atoms with Crippen molar-refractivity contribution in [2.45, 2.75) is 75.8 Å². The summed E-state index contributed by atoms with van der Waals surface area (Å²) in [5.41, 5.74) is 5.70. The molecule has 3 aliphatic rings. The predicted molar refractivity (Wildman–Crippen MR) is 149 cm³/mol. The molecule has 1 amide bonds. The number of primary amides is 1. The molecule has 0 aromatic heterocycles. The van der Waals surface area contributed by atoms with E-state index in [1.54, 1.807) is 6.08 Å². The maximum Gasteiger partial charge on any atom is 0.249 e. The summed E-state index contributed by atoms with van der Waals surface area (Å²) >= 11 is 6.55. The van der Waals surface area contributed by atoms with E-state index in [1.807, 2.05) is 44.2 Å². The van der Waals surface area contributed by atoms with Crippen LogP contribution in [0, 0.1) is 11.7 Å². The van der Waals surface area contributed by atoms with E-state index in [0.717, 1.165) is 18.4 Å². The Balaban J connectivity index is 1.58. The number of hydrogen-bond acceptors (Lipinski definition) is 4. The van der Waals surface area contributed by atoms with Gasteiger partial charge in [-0.05, 0) is 44.6 Å². The third kappa shape index (κ3) is 5.24. The van der Waals surface area contributed by atoms with Gasteiger partial charge in [0.15, 0.2) is 5.60 Å². The molecule has 2 aromatic rings. The molecule has 39 heavy (non-hydrogen) atoms. The standard InChI is InChI=1S/C31H35ClF2N2O3/c1-3-18-9-10-21(29(35)37)26(28(18)34)25-22-16-31(19-7-5-4-6-8-19,39-24(22)15-23(33)27(25)32)17-36-20-11-13-30(2,38)14-12-20/h4-10,15,18,20,28,36,38H,3,11-14,16-17H2,1-2H3,(H2,35,37)/t18?,20-,28?,30+,31-/m1/s1. The smallest absolute Gasteiger partial charge is 0.249 e. The second-order valence-corrected chi connectivity index (χ2v) is 11.7. The molecule has 1 heterocycles. The molecule has 5 nitrogen and oxygen atoms in total. The molecule has 0 bridgehead atoms. The van der Waals surface area contributed by atoms with E-state index in [1.165, 1.54) is 12.1 Å². The van der Waals surface area contributed by atoms with Gasteiger partial charge in [-0.15, -0.1) is 0 Å². The molecule has 0 spiro atoms. The fourth-order valence-electron chi connectivity index (χ4n) is 6.18. The number of amides is 1. The van der Waals surface area contributed by atoms with Crippen LogP contribution in [0.1, 0.15) is 62.6 Å². The molecule has 3 atom stereocenters. The summed E-state index contributed by atoms with van der Waals surface area (Å²) in [6.07, 6.45) is 5.40. The largest absolute Gasteiger partial charge is 0.480 e. The summed E-state index contributed by atoms with van der Waals surface area (Å²) < 4.78 is 37.9. The highest BCUT2D eigenvalue weighted by Crippen LogP contribution is 2.50. The number of hydrogen-bond donors (Lipinski definition) is 3. The second-order valence-electron chi connectivity index (χ2n) is 11.3. The van der Waals surface area contributed by atoms with Gasteiger partial charge in [-0.25, -0.2) is 8.78 Å². The van der Waals surface area contributed by atoms with E-state index in [9.17, 15) is 9.90 Å². The zero-order chi connectivity index (χ0) is 27.9. The number of allylic oxidation sites excluding steroid dienone is 2. The molecule has 0 radical (unpaired) electrons. The summed E-state index contributed by atoms with van der Waals surface area (Å²) in [6, 6.07) is 11.1. The van der Waals surface area contributed by atoms with Crippen LogP contribution < -0.4 is 15.8 Å². The van der Waals surface area contributed by atoms with Gasteiger partial charge in [-0.1, -0.05) is 61.0 Å². The first kappa shape index (κ1) is 27.8. The number of nitrogens with two attached hydrogens (primary N) is 1. The van der Waals surface area contributed by atoms with Crippen molar-refractivity contribution in [3.63, 3.8) is 0 Å². The number of halogens is 3. The van der Waals surface area contributed by atoms with Gasteiger partial charge in [0.1, 0.15) is 17.7 Å². The maximum atomic E-state index is 16.0. The number of rotatable bonds is 7. The number of nitrogens with one attached hydrogen (secondary N) is 1. The summed E-state index contributed by atoms with van der Waals surface area (Å²) in [4.78, 5) is 12.4. The highest BCUT2D eigenvalue weighted by molar-refractivity contribution is 6.33. The van der Waals surface area contributed by atoms with Gasteiger partial charge in [-0.3, -0.25) is 4.79 Å². The third-order valence-corrected chi connectivity index (χ3v) is 8.92. The lowest BCUT2D eigenvalue weighted by Gasteiger charge is -2.36. The zero-order valence-corrected chi connectivity index (χ0v) is 23.0. The van der Waals surface area contributed by atoms with Crippen molar-refractivity contribution in [1.82, 2.24) is 5.32 Å².